The van der Waals surface area contributed by atoms with Gasteiger partial charge in [0.2, 0.25) is 0 Å². The molecule has 0 saturated carbocycles. The van der Waals surface area contributed by atoms with E-state index in [0.717, 1.165) is 4.31 Å². The average Bonchev–Trinajstić information content (AvgIpc) is 2.67. The normalized spacial score (nSPS) is 12.3. The summed E-state index contributed by atoms with van der Waals surface area (Å²) in [5.74, 6) is 0. The van der Waals surface area contributed by atoms with Gasteiger partial charge in [-0.1, -0.05) is 0 Å². The molecule has 1 heterocycles. The molecule has 1 aromatic rings. The molecular formula is C9H17N3O4S. The first-order valence-electron chi connectivity index (χ1n) is 5.05. The molecule has 0 aliphatic carbocycles. The lowest BCUT2D eigenvalue weighted by Crippen LogP contribution is -2.31. The molecule has 17 heavy (non-hydrogen) atoms. The molecule has 0 spiro atoms. The third-order valence-electron chi connectivity index (χ3n) is 2.46. The molecule has 0 aliphatic heterocycles. The Balaban J connectivity index is 3.04. The molecule has 7 nitrogen and oxygen atoms in total. The molecule has 1 rings (SSSR count). The number of aromatic nitrogens is 2. The summed E-state index contributed by atoms with van der Waals surface area (Å²) in [4.78, 5) is 0. The lowest BCUT2D eigenvalue weighted by molar-refractivity contribution is 0.185. The zero-order chi connectivity index (χ0) is 13.1. The van der Waals surface area contributed by atoms with Crippen molar-refractivity contribution in [3.63, 3.8) is 0 Å². The van der Waals surface area contributed by atoms with Gasteiger partial charge in [0, 0.05) is 32.0 Å². The molecular weight excluding hydrogens is 246 g/mol. The summed E-state index contributed by atoms with van der Waals surface area (Å²) in [6.07, 6.45) is 0. The lowest BCUT2D eigenvalue weighted by Gasteiger charge is -2.15. The second kappa shape index (κ2) is 5.58. The maximum Gasteiger partial charge on any atom is 0.262 e. The minimum absolute atomic E-state index is 0.129. The largest absolute Gasteiger partial charge is 0.392 e. The maximum atomic E-state index is 12.1. The summed E-state index contributed by atoms with van der Waals surface area (Å²) >= 11 is 0. The second-order valence-electron chi connectivity index (χ2n) is 3.61. The number of likely N-dealkylation sites (N-methyl/N-ethyl adjacent to an activating group) is 1. The van der Waals surface area contributed by atoms with Crippen LogP contribution in [-0.4, -0.2) is 55.3 Å². The topological polar surface area (TPSA) is 95.5 Å². The van der Waals surface area contributed by atoms with Gasteiger partial charge in [-0.2, -0.15) is 9.40 Å². The number of nitrogens with one attached hydrogen (secondary N) is 1. The van der Waals surface area contributed by atoms with Crippen molar-refractivity contribution in [2.45, 2.75) is 18.6 Å². The van der Waals surface area contributed by atoms with Crippen LogP contribution in [0, 0.1) is 6.92 Å². The van der Waals surface area contributed by atoms with E-state index in [0.29, 0.717) is 17.9 Å². The number of aliphatic hydroxyl groups is 1. The minimum Gasteiger partial charge on any atom is -0.392 e. The van der Waals surface area contributed by atoms with E-state index in [1.54, 1.807) is 6.92 Å². The van der Waals surface area contributed by atoms with Crippen LogP contribution in [0.5, 0.6) is 0 Å². The predicted molar refractivity (Wildman–Crippen MR) is 60.9 cm³/mol. The van der Waals surface area contributed by atoms with Crippen LogP contribution in [-0.2, 0) is 21.4 Å². The number of H-pyrrole nitrogens is 1. The maximum absolute atomic E-state index is 12.1. The van der Waals surface area contributed by atoms with E-state index in [2.05, 4.69) is 10.2 Å². The van der Waals surface area contributed by atoms with Crippen molar-refractivity contribution >= 4 is 10.0 Å². The first-order valence-corrected chi connectivity index (χ1v) is 6.49. The smallest absolute Gasteiger partial charge is 0.262 e. The van der Waals surface area contributed by atoms with Crippen molar-refractivity contribution < 1.29 is 18.3 Å². The second-order valence-corrected chi connectivity index (χ2v) is 5.57. The summed E-state index contributed by atoms with van der Waals surface area (Å²) in [5.41, 5.74) is 0.848. The highest BCUT2D eigenvalue weighted by molar-refractivity contribution is 7.89. The summed E-state index contributed by atoms with van der Waals surface area (Å²) in [5, 5.41) is 15.3. The van der Waals surface area contributed by atoms with Crippen molar-refractivity contribution in [3.05, 3.63) is 11.3 Å². The highest BCUT2D eigenvalue weighted by atomic mass is 32.2. The first-order chi connectivity index (χ1) is 7.95. The van der Waals surface area contributed by atoms with E-state index in [4.69, 9.17) is 9.84 Å². The molecule has 0 bridgehead atoms. The molecule has 1 aromatic heterocycles. The van der Waals surface area contributed by atoms with Gasteiger partial charge in [-0.3, -0.25) is 5.10 Å². The van der Waals surface area contributed by atoms with Gasteiger partial charge < -0.3 is 9.84 Å². The van der Waals surface area contributed by atoms with Gasteiger partial charge in [0.25, 0.3) is 10.0 Å². The molecule has 0 unspecified atom stereocenters. The Morgan fingerprint density at radius 2 is 2.18 bits per heavy atom. The standard InChI is InChI=1S/C9H17N3O4S/c1-7-8(6-13)9(11-10-7)17(14,15)12(2)4-5-16-3/h13H,4-6H2,1-3H3,(H,10,11). The predicted octanol–water partition coefficient (Wildman–Crippen LogP) is -0.523. The Morgan fingerprint density at radius 3 is 2.71 bits per heavy atom. The summed E-state index contributed by atoms with van der Waals surface area (Å²) in [6.45, 7) is 1.82. The van der Waals surface area contributed by atoms with Crippen molar-refractivity contribution in [1.29, 1.82) is 0 Å². The molecule has 98 valence electrons. The Hall–Kier alpha value is -0.960. The molecule has 0 aromatic carbocycles. The Kier molecular flexibility index (Phi) is 4.63. The molecule has 0 atom stereocenters. The van der Waals surface area contributed by atoms with Gasteiger partial charge in [-0.15, -0.1) is 0 Å². The van der Waals surface area contributed by atoms with Crippen LogP contribution >= 0.6 is 0 Å². The zero-order valence-electron chi connectivity index (χ0n) is 10.1. The van der Waals surface area contributed by atoms with Gasteiger partial charge in [0.15, 0.2) is 5.03 Å². The Bertz CT molecular complexity index is 469. The van der Waals surface area contributed by atoms with Crippen molar-refractivity contribution in [2.75, 3.05) is 27.3 Å². The van der Waals surface area contributed by atoms with Gasteiger partial charge in [-0.25, -0.2) is 8.42 Å². The third-order valence-corrected chi connectivity index (χ3v) is 4.29. The molecule has 0 radical (unpaired) electrons. The number of methoxy groups -OCH3 is 1. The molecule has 0 saturated heterocycles. The number of aryl methyl sites for hydroxylation is 1. The number of nitrogens with zero attached hydrogens (tertiary/aromatic N) is 2. The van der Waals surface area contributed by atoms with Gasteiger partial charge in [0.05, 0.1) is 13.2 Å². The number of rotatable bonds is 6. The summed E-state index contributed by atoms with van der Waals surface area (Å²) in [6, 6.07) is 0. The van der Waals surface area contributed by atoms with E-state index < -0.39 is 10.0 Å². The Labute approximate surface area is 100 Å². The van der Waals surface area contributed by atoms with Gasteiger partial charge >= 0.3 is 0 Å². The third kappa shape index (κ3) is 2.83. The van der Waals surface area contributed by atoms with Gasteiger partial charge in [-0.05, 0) is 6.92 Å². The van der Waals surface area contributed by atoms with Crippen LogP contribution in [0.25, 0.3) is 0 Å². The fourth-order valence-corrected chi connectivity index (χ4v) is 2.62. The number of aromatic amines is 1. The highest BCUT2D eigenvalue weighted by Gasteiger charge is 2.27. The fraction of sp³-hybridized carbons (Fsp3) is 0.667. The van der Waals surface area contributed by atoms with Crippen molar-refractivity contribution in [1.82, 2.24) is 14.5 Å². The van der Waals surface area contributed by atoms with E-state index in [-0.39, 0.29) is 18.2 Å². The quantitative estimate of drug-likeness (QED) is 0.720. The Morgan fingerprint density at radius 1 is 1.53 bits per heavy atom. The molecule has 2 N–H and O–H groups in total. The summed E-state index contributed by atoms with van der Waals surface area (Å²) in [7, 11) is -0.740. The number of ether oxygens (including phenoxy) is 1. The van der Waals surface area contributed by atoms with Crippen LogP contribution in [0.3, 0.4) is 0 Å². The molecule has 0 aliphatic rings. The van der Waals surface area contributed by atoms with Crippen molar-refractivity contribution in [2.24, 2.45) is 0 Å². The first kappa shape index (κ1) is 14.1. The van der Waals surface area contributed by atoms with E-state index in [9.17, 15) is 8.42 Å². The molecule has 8 heteroatoms. The van der Waals surface area contributed by atoms with Crippen LogP contribution in [0.2, 0.25) is 0 Å². The fourth-order valence-electron chi connectivity index (χ4n) is 1.32. The lowest BCUT2D eigenvalue weighted by atomic mass is 10.3. The molecule has 0 fully saturated rings. The van der Waals surface area contributed by atoms with Crippen LogP contribution in [0.15, 0.2) is 5.03 Å². The van der Waals surface area contributed by atoms with E-state index in [1.807, 2.05) is 0 Å². The number of sulfonamides is 1. The summed E-state index contributed by atoms with van der Waals surface area (Å²) < 4.78 is 30.2. The van der Waals surface area contributed by atoms with Crippen LogP contribution < -0.4 is 0 Å². The highest BCUT2D eigenvalue weighted by Crippen LogP contribution is 2.19. The number of aliphatic hydroxyl groups excluding tert-OH is 1. The minimum atomic E-state index is -3.68. The van der Waals surface area contributed by atoms with Crippen LogP contribution in [0.1, 0.15) is 11.3 Å². The average molecular weight is 263 g/mol. The monoisotopic (exact) mass is 263 g/mol. The van der Waals surface area contributed by atoms with Crippen molar-refractivity contribution in [3.8, 4) is 0 Å². The van der Waals surface area contributed by atoms with Gasteiger partial charge in [0.1, 0.15) is 0 Å². The van der Waals surface area contributed by atoms with Crippen LogP contribution in [0.4, 0.5) is 0 Å². The number of hydrogen-bond acceptors (Lipinski definition) is 5. The number of hydrogen-bond donors (Lipinski definition) is 2. The SMILES string of the molecule is COCCN(C)S(=O)(=O)c1n[nH]c(C)c1CO. The van der Waals surface area contributed by atoms with E-state index >= 15 is 0 Å². The zero-order valence-corrected chi connectivity index (χ0v) is 10.9. The van der Waals surface area contributed by atoms with E-state index in [1.165, 1.54) is 14.2 Å². The molecule has 0 amide bonds.